The van der Waals surface area contributed by atoms with Crippen molar-refractivity contribution in [1.82, 2.24) is 9.97 Å². The van der Waals surface area contributed by atoms with E-state index in [1.165, 1.54) is 51.4 Å². The van der Waals surface area contributed by atoms with E-state index in [9.17, 15) is 0 Å². The van der Waals surface area contributed by atoms with Crippen LogP contribution in [0.4, 0.5) is 11.6 Å². The third-order valence-corrected chi connectivity index (χ3v) is 4.65. The van der Waals surface area contributed by atoms with Crippen LogP contribution in [0.1, 0.15) is 65.2 Å². The van der Waals surface area contributed by atoms with Crippen LogP contribution < -0.4 is 10.6 Å². The van der Waals surface area contributed by atoms with Gasteiger partial charge in [-0.25, -0.2) is 9.97 Å². The Morgan fingerprint density at radius 1 is 0.731 bits per heavy atom. The lowest BCUT2D eigenvalue weighted by molar-refractivity contribution is 0.605. The van der Waals surface area contributed by atoms with E-state index in [1.54, 1.807) is 6.07 Å². The van der Waals surface area contributed by atoms with Crippen molar-refractivity contribution in [3.8, 4) is 11.4 Å². The molecule has 0 bridgehead atoms. The fraction of sp³-hybridized carbons (Fsp3) is 0.545. The van der Waals surface area contributed by atoms with Crippen LogP contribution in [0.15, 0.2) is 36.4 Å². The topological polar surface area (TPSA) is 55.0 Å². The summed E-state index contributed by atoms with van der Waals surface area (Å²) in [6.07, 6.45) is 10.2. The first kappa shape index (κ1) is 20.2. The highest BCUT2D eigenvalue weighted by Crippen LogP contribution is 2.21. The van der Waals surface area contributed by atoms with Gasteiger partial charge in [-0.1, -0.05) is 64.5 Å². The number of anilines is 2. The largest absolute Gasteiger partial charge is 0.384 e. The molecule has 4 heteroatoms. The van der Waals surface area contributed by atoms with Crippen molar-refractivity contribution in [3.05, 3.63) is 36.4 Å². The van der Waals surface area contributed by atoms with Crippen molar-refractivity contribution in [3.63, 3.8) is 0 Å². The molecule has 0 spiro atoms. The quantitative estimate of drug-likeness (QED) is 0.497. The zero-order valence-corrected chi connectivity index (χ0v) is 16.5. The summed E-state index contributed by atoms with van der Waals surface area (Å²) in [4.78, 5) is 11.7. The van der Waals surface area contributed by atoms with Gasteiger partial charge in [0.05, 0.1) is 11.4 Å². The molecule has 0 amide bonds. The van der Waals surface area contributed by atoms with Crippen LogP contribution >= 0.6 is 0 Å². The maximum atomic E-state index is 5.83. The molecule has 142 valence electrons. The van der Waals surface area contributed by atoms with Gasteiger partial charge in [-0.2, -0.15) is 0 Å². The van der Waals surface area contributed by atoms with Crippen LogP contribution in [0.5, 0.6) is 0 Å². The number of rotatable bonds is 12. The molecule has 2 aromatic rings. The Labute approximate surface area is 158 Å². The fourth-order valence-corrected chi connectivity index (χ4v) is 3.14. The summed E-state index contributed by atoms with van der Waals surface area (Å²) in [5.74, 6) is 1.59. The van der Waals surface area contributed by atoms with E-state index in [2.05, 4.69) is 35.9 Å². The zero-order valence-electron chi connectivity index (χ0n) is 16.5. The second-order valence-electron chi connectivity index (χ2n) is 6.94. The molecule has 0 unspecified atom stereocenters. The summed E-state index contributed by atoms with van der Waals surface area (Å²) < 4.78 is 0. The highest BCUT2D eigenvalue weighted by atomic mass is 15.2. The van der Waals surface area contributed by atoms with Crippen LogP contribution in [-0.4, -0.2) is 23.1 Å². The molecule has 0 aromatic carbocycles. The van der Waals surface area contributed by atoms with Crippen molar-refractivity contribution in [2.45, 2.75) is 65.2 Å². The molecule has 2 N–H and O–H groups in total. The van der Waals surface area contributed by atoms with Gasteiger partial charge in [-0.05, 0) is 37.1 Å². The maximum absolute atomic E-state index is 5.83. The number of pyridine rings is 2. The molecule has 0 radical (unpaired) electrons. The number of nitrogens with zero attached hydrogens (tertiary/aromatic N) is 3. The molecule has 0 atom stereocenters. The van der Waals surface area contributed by atoms with Gasteiger partial charge in [0.15, 0.2) is 0 Å². The van der Waals surface area contributed by atoms with Crippen molar-refractivity contribution < 1.29 is 0 Å². The minimum Gasteiger partial charge on any atom is -0.384 e. The Hall–Kier alpha value is -2.10. The number of nitrogens with two attached hydrogens (primary N) is 1. The average molecular weight is 355 g/mol. The Morgan fingerprint density at radius 3 is 1.88 bits per heavy atom. The highest BCUT2D eigenvalue weighted by molar-refractivity contribution is 5.59. The lowest BCUT2D eigenvalue weighted by Gasteiger charge is -2.24. The number of hydrogen-bond acceptors (Lipinski definition) is 4. The molecule has 0 saturated carbocycles. The fourth-order valence-electron chi connectivity index (χ4n) is 3.14. The first-order chi connectivity index (χ1) is 12.7. The zero-order chi connectivity index (χ0) is 18.6. The smallest absolute Gasteiger partial charge is 0.129 e. The van der Waals surface area contributed by atoms with Crippen LogP contribution in [0.25, 0.3) is 11.4 Å². The minimum absolute atomic E-state index is 0.533. The SMILES string of the molecule is CCCCCCN(CCCCCC)c1cccc(-c2cccc(N)n2)n1. The Morgan fingerprint density at radius 2 is 1.31 bits per heavy atom. The van der Waals surface area contributed by atoms with E-state index >= 15 is 0 Å². The minimum atomic E-state index is 0.533. The Bertz CT molecular complexity index is 630. The summed E-state index contributed by atoms with van der Waals surface area (Å²) in [7, 11) is 0. The molecule has 0 aliphatic heterocycles. The van der Waals surface area contributed by atoms with Crippen LogP contribution in [0, 0.1) is 0 Å². The molecule has 0 aliphatic rings. The molecule has 2 rings (SSSR count). The second-order valence-corrected chi connectivity index (χ2v) is 6.94. The van der Waals surface area contributed by atoms with Crippen molar-refractivity contribution in [1.29, 1.82) is 0 Å². The standard InChI is InChI=1S/C22H34N4/c1-3-5-7-9-17-26(18-10-8-6-4-2)22-16-12-14-20(25-22)19-13-11-15-21(23)24-19/h11-16H,3-10,17-18H2,1-2H3,(H2,23,24). The molecular weight excluding hydrogens is 320 g/mol. The molecular formula is C22H34N4. The van der Waals surface area contributed by atoms with Crippen molar-refractivity contribution in [2.75, 3.05) is 23.7 Å². The Balaban J connectivity index is 2.10. The van der Waals surface area contributed by atoms with Crippen LogP contribution in [0.3, 0.4) is 0 Å². The van der Waals surface area contributed by atoms with E-state index in [0.717, 1.165) is 30.3 Å². The molecule has 2 heterocycles. The third-order valence-electron chi connectivity index (χ3n) is 4.65. The molecule has 2 aromatic heterocycles. The van der Waals surface area contributed by atoms with Gasteiger partial charge >= 0.3 is 0 Å². The predicted molar refractivity (Wildman–Crippen MR) is 112 cm³/mol. The Kier molecular flexibility index (Phi) is 8.94. The second kappa shape index (κ2) is 11.5. The van der Waals surface area contributed by atoms with E-state index in [1.807, 2.05) is 18.2 Å². The van der Waals surface area contributed by atoms with Crippen molar-refractivity contribution in [2.24, 2.45) is 0 Å². The summed E-state index contributed by atoms with van der Waals surface area (Å²) in [6, 6.07) is 11.9. The maximum Gasteiger partial charge on any atom is 0.129 e. The molecule has 4 nitrogen and oxygen atoms in total. The molecule has 0 fully saturated rings. The van der Waals surface area contributed by atoms with E-state index in [-0.39, 0.29) is 0 Å². The number of nitrogen functional groups attached to an aromatic ring is 1. The van der Waals surface area contributed by atoms with Gasteiger partial charge in [-0.15, -0.1) is 0 Å². The van der Waals surface area contributed by atoms with Crippen molar-refractivity contribution >= 4 is 11.6 Å². The molecule has 0 saturated heterocycles. The van der Waals surface area contributed by atoms with Gasteiger partial charge in [-0.3, -0.25) is 0 Å². The van der Waals surface area contributed by atoms with Crippen LogP contribution in [-0.2, 0) is 0 Å². The lowest BCUT2D eigenvalue weighted by atomic mass is 10.1. The normalized spacial score (nSPS) is 10.8. The number of aromatic nitrogens is 2. The predicted octanol–water partition coefficient (Wildman–Crippen LogP) is 5.69. The molecule has 0 aliphatic carbocycles. The summed E-state index contributed by atoms with van der Waals surface area (Å²) >= 11 is 0. The first-order valence-electron chi connectivity index (χ1n) is 10.2. The third kappa shape index (κ3) is 6.66. The number of unbranched alkanes of at least 4 members (excludes halogenated alkanes) is 6. The summed E-state index contributed by atoms with van der Waals surface area (Å²) in [5, 5.41) is 0. The lowest BCUT2D eigenvalue weighted by Crippen LogP contribution is -2.26. The monoisotopic (exact) mass is 354 g/mol. The van der Waals surface area contributed by atoms with E-state index in [4.69, 9.17) is 10.7 Å². The summed E-state index contributed by atoms with van der Waals surface area (Å²) in [5.41, 5.74) is 7.56. The van der Waals surface area contributed by atoms with E-state index < -0.39 is 0 Å². The van der Waals surface area contributed by atoms with Gasteiger partial charge in [0.1, 0.15) is 11.6 Å². The van der Waals surface area contributed by atoms with Crippen LogP contribution in [0.2, 0.25) is 0 Å². The van der Waals surface area contributed by atoms with Gasteiger partial charge in [0.25, 0.3) is 0 Å². The first-order valence-corrected chi connectivity index (χ1v) is 10.2. The average Bonchev–Trinajstić information content (AvgIpc) is 2.67. The van der Waals surface area contributed by atoms with Gasteiger partial charge < -0.3 is 10.6 Å². The summed E-state index contributed by atoms with van der Waals surface area (Å²) in [6.45, 7) is 6.66. The number of hydrogen-bond donors (Lipinski definition) is 1. The highest BCUT2D eigenvalue weighted by Gasteiger charge is 2.10. The van der Waals surface area contributed by atoms with E-state index in [0.29, 0.717) is 5.82 Å². The molecule has 26 heavy (non-hydrogen) atoms. The van der Waals surface area contributed by atoms with Gasteiger partial charge in [0.2, 0.25) is 0 Å². The van der Waals surface area contributed by atoms with Gasteiger partial charge in [0, 0.05) is 13.1 Å².